The van der Waals surface area contributed by atoms with Crippen LogP contribution in [0.5, 0.6) is 0 Å². The first-order valence-corrected chi connectivity index (χ1v) is 5.18. The molecule has 0 aliphatic heterocycles. The number of Topliss-reactive ketones (excluding diaryl/α,β-unsaturated/α-hetero) is 1. The van der Waals surface area contributed by atoms with Crippen molar-refractivity contribution in [3.8, 4) is 0 Å². The molecule has 0 bridgehead atoms. The Morgan fingerprint density at radius 1 is 1.31 bits per heavy atom. The molecule has 1 atom stereocenters. The molecule has 90 valence electrons. The van der Waals surface area contributed by atoms with Gasteiger partial charge in [-0.05, 0) is 49.9 Å². The van der Waals surface area contributed by atoms with Crippen molar-refractivity contribution in [2.45, 2.75) is 34.1 Å². The molecule has 0 unspecified atom stereocenters. The molecular weight excluding hydrogens is 222 g/mol. The lowest BCUT2D eigenvalue weighted by Gasteiger charge is -2.10. The topological polar surface area (TPSA) is 17.1 Å². The summed E-state index contributed by atoms with van der Waals surface area (Å²) < 4.78 is 13.5. The third-order valence-electron chi connectivity index (χ3n) is 2.88. The Hall–Kier alpha value is -0.830. The lowest BCUT2D eigenvalue weighted by molar-refractivity contribution is -0.120. The summed E-state index contributed by atoms with van der Waals surface area (Å²) in [6, 6.07) is 3.38. The Labute approximate surface area is 104 Å². The van der Waals surface area contributed by atoms with Crippen LogP contribution >= 0.6 is 13.5 Å². The summed E-state index contributed by atoms with van der Waals surface area (Å²) in [7, 11) is 0. The first-order chi connectivity index (χ1) is 6.91. The molecule has 0 aliphatic rings. The molecule has 0 heterocycles. The van der Waals surface area contributed by atoms with Gasteiger partial charge in [-0.15, -0.1) is 0 Å². The van der Waals surface area contributed by atoms with Crippen LogP contribution in [0.2, 0.25) is 0 Å². The van der Waals surface area contributed by atoms with Crippen molar-refractivity contribution < 1.29 is 9.18 Å². The van der Waals surface area contributed by atoms with Gasteiger partial charge in [0, 0.05) is 5.92 Å². The van der Waals surface area contributed by atoms with Gasteiger partial charge in [-0.1, -0.05) is 13.0 Å². The van der Waals surface area contributed by atoms with Crippen molar-refractivity contribution in [3.63, 3.8) is 0 Å². The number of rotatable bonds is 3. The number of hydrogen-bond donors (Lipinski definition) is 0. The molecule has 0 aromatic heterocycles. The summed E-state index contributed by atoms with van der Waals surface area (Å²) >= 11 is 0. The Balaban J connectivity index is 0.00000225. The summed E-state index contributed by atoms with van der Waals surface area (Å²) in [6.45, 7) is 7.22. The molecule has 0 amide bonds. The van der Waals surface area contributed by atoms with Gasteiger partial charge >= 0.3 is 0 Å². The summed E-state index contributed by atoms with van der Waals surface area (Å²) in [6.07, 6.45) is 0.488. The van der Waals surface area contributed by atoms with E-state index in [9.17, 15) is 9.18 Å². The summed E-state index contributed by atoms with van der Waals surface area (Å²) in [5, 5.41) is 0. The van der Waals surface area contributed by atoms with Gasteiger partial charge in [0.2, 0.25) is 0 Å². The SMILES string of the molecule is CC(=O)[C@@H](C)Cc1cc(C)c(C)cc1[18F].S. The smallest absolute Gasteiger partial charge is 0.132 e. The minimum atomic E-state index is -0.203. The maximum Gasteiger partial charge on any atom is 0.132 e. The van der Waals surface area contributed by atoms with Crippen LogP contribution in [0.4, 0.5) is 4.39 Å². The van der Waals surface area contributed by atoms with E-state index in [0.717, 1.165) is 11.1 Å². The third-order valence-corrected chi connectivity index (χ3v) is 2.88. The zero-order chi connectivity index (χ0) is 11.6. The first kappa shape index (κ1) is 15.2. The van der Waals surface area contributed by atoms with Crippen molar-refractivity contribution in [3.05, 3.63) is 34.6 Å². The third kappa shape index (κ3) is 3.63. The quantitative estimate of drug-likeness (QED) is 0.793. The summed E-state index contributed by atoms with van der Waals surface area (Å²) in [5.74, 6) is -0.208. The average Bonchev–Trinajstić information content (AvgIpc) is 2.13. The Morgan fingerprint density at radius 3 is 2.31 bits per heavy atom. The lowest BCUT2D eigenvalue weighted by Crippen LogP contribution is -2.11. The zero-order valence-corrected chi connectivity index (χ0v) is 11.2. The Bertz CT molecular complexity index is 388. The first-order valence-electron chi connectivity index (χ1n) is 5.18. The van der Waals surface area contributed by atoms with Crippen molar-refractivity contribution >= 4 is 19.3 Å². The molecule has 1 aromatic carbocycles. The molecule has 0 radical (unpaired) electrons. The molecule has 1 nitrogen and oxygen atoms in total. The van der Waals surface area contributed by atoms with Crippen LogP contribution in [-0.4, -0.2) is 5.78 Å². The maximum absolute atomic E-state index is 13.5. The highest BCUT2D eigenvalue weighted by molar-refractivity contribution is 7.59. The minimum absolute atomic E-state index is 0. The second-order valence-corrected chi connectivity index (χ2v) is 4.24. The van der Waals surface area contributed by atoms with Gasteiger partial charge < -0.3 is 0 Å². The van der Waals surface area contributed by atoms with Gasteiger partial charge in [-0.2, -0.15) is 13.5 Å². The number of carbonyl (C=O) groups excluding carboxylic acids is 1. The van der Waals surface area contributed by atoms with Crippen LogP contribution in [0, 0.1) is 25.6 Å². The molecule has 0 fully saturated rings. The standard InChI is InChI=1S/C13H17FO.H2S/c1-8-5-12(6-10(3)11(4)15)13(14)7-9(8)2;/h5,7,10H,6H2,1-4H3;1H2/t10-;/m0./s1/i14-1;. The highest BCUT2D eigenvalue weighted by Crippen LogP contribution is 2.18. The fraction of sp³-hybridized carbons (Fsp3) is 0.462. The van der Waals surface area contributed by atoms with Crippen molar-refractivity contribution in [2.24, 2.45) is 5.92 Å². The number of ketones is 1. The second kappa shape index (κ2) is 6.04. The minimum Gasteiger partial charge on any atom is -0.300 e. The number of aryl methyl sites for hydroxylation is 2. The molecule has 3 heteroatoms. The highest BCUT2D eigenvalue weighted by atomic mass is 32.1. The molecule has 0 aliphatic carbocycles. The fourth-order valence-corrected chi connectivity index (χ4v) is 1.47. The van der Waals surface area contributed by atoms with Crippen molar-refractivity contribution in [2.75, 3.05) is 0 Å². The molecule has 1 rings (SSSR count). The lowest BCUT2D eigenvalue weighted by atomic mass is 9.95. The van der Waals surface area contributed by atoms with E-state index in [-0.39, 0.29) is 31.0 Å². The average molecular weight is 241 g/mol. The molecule has 0 N–H and O–H groups in total. The number of carbonyl (C=O) groups is 1. The number of benzene rings is 1. The summed E-state index contributed by atoms with van der Waals surface area (Å²) in [5.41, 5.74) is 2.66. The van der Waals surface area contributed by atoms with E-state index in [2.05, 4.69) is 0 Å². The Kier molecular flexibility index (Phi) is 5.73. The molecular formula is C13H19FOS. The van der Waals surface area contributed by atoms with Gasteiger partial charge in [0.05, 0.1) is 0 Å². The van der Waals surface area contributed by atoms with Crippen LogP contribution in [0.25, 0.3) is 0 Å². The number of hydrogen-bond acceptors (Lipinski definition) is 1. The molecule has 1 aromatic rings. The largest absolute Gasteiger partial charge is 0.300 e. The van der Waals surface area contributed by atoms with E-state index in [1.165, 1.54) is 6.07 Å². The van der Waals surface area contributed by atoms with E-state index < -0.39 is 0 Å². The van der Waals surface area contributed by atoms with E-state index in [0.29, 0.717) is 12.0 Å². The predicted molar refractivity (Wildman–Crippen MR) is 69.8 cm³/mol. The van der Waals surface area contributed by atoms with Crippen LogP contribution in [0.3, 0.4) is 0 Å². The van der Waals surface area contributed by atoms with Gasteiger partial charge in [0.15, 0.2) is 0 Å². The van der Waals surface area contributed by atoms with Gasteiger partial charge in [-0.3, -0.25) is 4.79 Å². The molecule has 0 spiro atoms. The van der Waals surface area contributed by atoms with Crippen LogP contribution in [0.1, 0.15) is 30.5 Å². The van der Waals surface area contributed by atoms with Gasteiger partial charge in [0.25, 0.3) is 0 Å². The molecule has 16 heavy (non-hydrogen) atoms. The predicted octanol–water partition coefficient (Wildman–Crippen LogP) is 3.32. The Morgan fingerprint density at radius 2 is 1.81 bits per heavy atom. The van der Waals surface area contributed by atoms with E-state index in [1.54, 1.807) is 6.92 Å². The van der Waals surface area contributed by atoms with E-state index in [1.807, 2.05) is 26.8 Å². The monoisotopic (exact) mass is 241 g/mol. The molecule has 0 saturated heterocycles. The van der Waals surface area contributed by atoms with E-state index in [4.69, 9.17) is 0 Å². The van der Waals surface area contributed by atoms with Crippen molar-refractivity contribution in [1.29, 1.82) is 0 Å². The van der Waals surface area contributed by atoms with Crippen LogP contribution < -0.4 is 0 Å². The highest BCUT2D eigenvalue weighted by Gasteiger charge is 2.12. The van der Waals surface area contributed by atoms with Crippen molar-refractivity contribution in [1.82, 2.24) is 0 Å². The zero-order valence-electron chi connectivity index (χ0n) is 10.2. The fourth-order valence-electron chi connectivity index (χ4n) is 1.47. The number of halogens is 1. The van der Waals surface area contributed by atoms with Crippen LogP contribution in [-0.2, 0) is 11.2 Å². The summed E-state index contributed by atoms with van der Waals surface area (Å²) in [4.78, 5) is 11.1. The normalized spacial score (nSPS) is 11.8. The molecule has 0 saturated carbocycles. The van der Waals surface area contributed by atoms with Crippen LogP contribution in [0.15, 0.2) is 12.1 Å². The van der Waals surface area contributed by atoms with Gasteiger partial charge in [0.1, 0.15) is 11.6 Å². The van der Waals surface area contributed by atoms with E-state index >= 15 is 0 Å². The van der Waals surface area contributed by atoms with Gasteiger partial charge in [-0.25, -0.2) is 4.39 Å². The maximum atomic E-state index is 13.5. The second-order valence-electron chi connectivity index (χ2n) is 4.24.